The Balaban J connectivity index is 1.53. The molecule has 7 nitrogen and oxygen atoms in total. The molecule has 9 heteroatoms. The standard InChI is InChI=1S/C20H17ClN4O3S/c1-11-22-23-20-25(11)24-17(12-2-5-14(21)6-3-12)19(29-20)18(26)13-4-7-15-16(10-13)28-9-8-27-15/h2-7,10,17,19,24H,8-9H2,1H3/t17-,19-/m1/s1. The molecule has 3 heterocycles. The van der Waals surface area contributed by atoms with E-state index >= 15 is 0 Å². The van der Waals surface area contributed by atoms with Gasteiger partial charge < -0.3 is 14.9 Å². The minimum Gasteiger partial charge on any atom is -0.486 e. The zero-order valence-corrected chi connectivity index (χ0v) is 17.0. The maximum absolute atomic E-state index is 13.5. The maximum atomic E-state index is 13.5. The fourth-order valence-electron chi connectivity index (χ4n) is 3.44. The number of aryl methyl sites for hydroxylation is 1. The average molecular weight is 429 g/mol. The summed E-state index contributed by atoms with van der Waals surface area (Å²) in [6.45, 7) is 2.85. The van der Waals surface area contributed by atoms with Crippen molar-refractivity contribution in [1.82, 2.24) is 14.9 Å². The van der Waals surface area contributed by atoms with E-state index in [4.69, 9.17) is 21.1 Å². The Hall–Kier alpha value is -2.71. The fraction of sp³-hybridized carbons (Fsp3) is 0.250. The van der Waals surface area contributed by atoms with E-state index in [1.54, 1.807) is 18.2 Å². The number of carbonyl (C=O) groups excluding carboxylic acids is 1. The van der Waals surface area contributed by atoms with Gasteiger partial charge in [-0.25, -0.2) is 4.68 Å². The van der Waals surface area contributed by atoms with E-state index in [9.17, 15) is 4.79 Å². The highest BCUT2D eigenvalue weighted by molar-refractivity contribution is 8.00. The van der Waals surface area contributed by atoms with Gasteiger partial charge in [0.05, 0.1) is 6.04 Å². The lowest BCUT2D eigenvalue weighted by Crippen LogP contribution is -2.39. The van der Waals surface area contributed by atoms with Crippen molar-refractivity contribution in [3.63, 3.8) is 0 Å². The summed E-state index contributed by atoms with van der Waals surface area (Å²) in [5.41, 5.74) is 4.92. The van der Waals surface area contributed by atoms with Crippen LogP contribution in [0.15, 0.2) is 47.6 Å². The normalized spacial score (nSPS) is 19.9. The average Bonchev–Trinajstić information content (AvgIpc) is 3.12. The lowest BCUT2D eigenvalue weighted by Gasteiger charge is -2.33. The third-order valence-electron chi connectivity index (χ3n) is 4.91. The van der Waals surface area contributed by atoms with Gasteiger partial charge in [0.25, 0.3) is 0 Å². The zero-order valence-electron chi connectivity index (χ0n) is 15.5. The van der Waals surface area contributed by atoms with Crippen molar-refractivity contribution in [1.29, 1.82) is 0 Å². The van der Waals surface area contributed by atoms with Crippen LogP contribution in [-0.2, 0) is 0 Å². The second-order valence-electron chi connectivity index (χ2n) is 6.78. The number of hydrogen-bond acceptors (Lipinski definition) is 7. The van der Waals surface area contributed by atoms with Crippen LogP contribution in [0.2, 0.25) is 5.02 Å². The van der Waals surface area contributed by atoms with E-state index in [0.29, 0.717) is 40.5 Å². The summed E-state index contributed by atoms with van der Waals surface area (Å²) >= 11 is 7.46. The Bertz CT molecular complexity index is 1090. The SMILES string of the molecule is Cc1nnc2n1N[C@H](c1ccc(Cl)cc1)[C@H](C(=O)c1ccc3c(c1)OCCO3)S2. The summed E-state index contributed by atoms with van der Waals surface area (Å²) in [7, 11) is 0. The first-order chi connectivity index (χ1) is 14.1. The minimum atomic E-state index is -0.435. The van der Waals surface area contributed by atoms with Crippen LogP contribution in [-0.4, -0.2) is 39.1 Å². The van der Waals surface area contributed by atoms with Gasteiger partial charge >= 0.3 is 0 Å². The first-order valence-electron chi connectivity index (χ1n) is 9.15. The number of ketones is 1. The summed E-state index contributed by atoms with van der Waals surface area (Å²) in [5, 5.41) is 9.18. The van der Waals surface area contributed by atoms with Crippen molar-refractivity contribution < 1.29 is 14.3 Å². The molecule has 1 aromatic heterocycles. The number of hydrogen-bond donors (Lipinski definition) is 1. The van der Waals surface area contributed by atoms with Gasteiger partial charge in [0.2, 0.25) is 5.16 Å². The Kier molecular flexibility index (Phi) is 4.60. The van der Waals surface area contributed by atoms with Crippen molar-refractivity contribution in [3.05, 3.63) is 64.4 Å². The monoisotopic (exact) mass is 428 g/mol. The first-order valence-corrected chi connectivity index (χ1v) is 10.4. The molecule has 0 amide bonds. The minimum absolute atomic E-state index is 0.0219. The molecule has 2 atom stereocenters. The lowest BCUT2D eigenvalue weighted by atomic mass is 9.97. The third-order valence-corrected chi connectivity index (χ3v) is 6.38. The summed E-state index contributed by atoms with van der Waals surface area (Å²) in [5.74, 6) is 1.97. The molecule has 0 bridgehead atoms. The molecule has 3 aromatic rings. The molecule has 0 unspecified atom stereocenters. The van der Waals surface area contributed by atoms with Gasteiger partial charge in [0, 0.05) is 10.6 Å². The second-order valence-corrected chi connectivity index (χ2v) is 8.33. The number of Topliss-reactive ketones (excluding diaryl/α,β-unsaturated/α-hetero) is 1. The molecule has 2 aliphatic rings. The van der Waals surface area contributed by atoms with Crippen LogP contribution in [0.5, 0.6) is 11.5 Å². The molecule has 0 saturated heterocycles. The topological polar surface area (TPSA) is 78.3 Å². The van der Waals surface area contributed by atoms with E-state index in [-0.39, 0.29) is 11.8 Å². The van der Waals surface area contributed by atoms with Crippen molar-refractivity contribution in [2.24, 2.45) is 0 Å². The third kappa shape index (κ3) is 3.32. The lowest BCUT2D eigenvalue weighted by molar-refractivity contribution is 0.0979. The Morgan fingerprint density at radius 1 is 1.14 bits per heavy atom. The number of nitrogens with one attached hydrogen (secondary N) is 1. The number of thioether (sulfide) groups is 1. The van der Waals surface area contributed by atoms with Crippen LogP contribution >= 0.6 is 23.4 Å². The van der Waals surface area contributed by atoms with Gasteiger partial charge in [-0.3, -0.25) is 4.79 Å². The number of fused-ring (bicyclic) bond motifs is 2. The van der Waals surface area contributed by atoms with E-state index < -0.39 is 5.25 Å². The van der Waals surface area contributed by atoms with E-state index in [2.05, 4.69) is 15.6 Å². The van der Waals surface area contributed by atoms with Gasteiger partial charge in [0.1, 0.15) is 24.3 Å². The van der Waals surface area contributed by atoms with Crippen molar-refractivity contribution in [3.8, 4) is 11.5 Å². The van der Waals surface area contributed by atoms with Crippen molar-refractivity contribution in [2.45, 2.75) is 23.4 Å². The molecule has 29 heavy (non-hydrogen) atoms. The molecule has 5 rings (SSSR count). The predicted octanol–water partition coefficient (Wildman–Crippen LogP) is 3.65. The number of carbonyl (C=O) groups is 1. The van der Waals surface area contributed by atoms with Crippen LogP contribution in [0.25, 0.3) is 0 Å². The quantitative estimate of drug-likeness (QED) is 0.638. The Morgan fingerprint density at radius 3 is 2.69 bits per heavy atom. The summed E-state index contributed by atoms with van der Waals surface area (Å²) < 4.78 is 13.0. The molecule has 0 spiro atoms. The predicted molar refractivity (Wildman–Crippen MR) is 110 cm³/mol. The summed E-state index contributed by atoms with van der Waals surface area (Å²) in [6, 6.07) is 12.5. The summed E-state index contributed by atoms with van der Waals surface area (Å²) in [6.07, 6.45) is 0. The molecule has 0 radical (unpaired) electrons. The van der Waals surface area contributed by atoms with Crippen LogP contribution < -0.4 is 14.9 Å². The van der Waals surface area contributed by atoms with E-state index in [1.165, 1.54) is 11.8 Å². The van der Waals surface area contributed by atoms with Crippen molar-refractivity contribution >= 4 is 29.1 Å². The highest BCUT2D eigenvalue weighted by Crippen LogP contribution is 2.40. The fourth-order valence-corrected chi connectivity index (χ4v) is 4.77. The number of halogens is 1. The molecular formula is C20H17ClN4O3S. The number of rotatable bonds is 3. The van der Waals surface area contributed by atoms with Crippen LogP contribution in [0.4, 0.5) is 0 Å². The highest BCUT2D eigenvalue weighted by Gasteiger charge is 2.38. The smallest absolute Gasteiger partial charge is 0.210 e. The molecular weight excluding hydrogens is 412 g/mol. The molecule has 2 aliphatic heterocycles. The van der Waals surface area contributed by atoms with Gasteiger partial charge in [-0.1, -0.05) is 35.5 Å². The van der Waals surface area contributed by atoms with Gasteiger partial charge in [-0.05, 0) is 42.8 Å². The van der Waals surface area contributed by atoms with Crippen molar-refractivity contribution in [2.75, 3.05) is 18.6 Å². The van der Waals surface area contributed by atoms with Gasteiger partial charge in [0.15, 0.2) is 17.3 Å². The molecule has 148 valence electrons. The Labute approximate surface area is 176 Å². The first kappa shape index (κ1) is 18.3. The molecule has 1 N–H and O–H groups in total. The van der Waals surface area contributed by atoms with Crippen LogP contribution in [0, 0.1) is 6.92 Å². The maximum Gasteiger partial charge on any atom is 0.210 e. The van der Waals surface area contributed by atoms with E-state index in [0.717, 1.165) is 11.4 Å². The van der Waals surface area contributed by atoms with E-state index in [1.807, 2.05) is 35.9 Å². The Morgan fingerprint density at radius 2 is 1.90 bits per heavy atom. The molecule has 0 fully saturated rings. The number of benzene rings is 2. The largest absolute Gasteiger partial charge is 0.486 e. The molecule has 2 aromatic carbocycles. The van der Waals surface area contributed by atoms with Crippen LogP contribution in [0.3, 0.4) is 0 Å². The van der Waals surface area contributed by atoms with Gasteiger partial charge in [-0.15, -0.1) is 10.2 Å². The second kappa shape index (κ2) is 7.27. The number of nitrogens with zero attached hydrogens (tertiary/aromatic N) is 3. The zero-order chi connectivity index (χ0) is 20.0. The highest BCUT2D eigenvalue weighted by atomic mass is 35.5. The number of ether oxygens (including phenoxy) is 2. The molecule has 0 saturated carbocycles. The molecule has 0 aliphatic carbocycles. The summed E-state index contributed by atoms with van der Waals surface area (Å²) in [4.78, 5) is 13.5. The number of aromatic nitrogens is 3. The van der Waals surface area contributed by atoms with Gasteiger partial charge in [-0.2, -0.15) is 0 Å². The van der Waals surface area contributed by atoms with Crippen LogP contribution in [0.1, 0.15) is 27.8 Å².